The van der Waals surface area contributed by atoms with Crippen LogP contribution in [-0.4, -0.2) is 10.8 Å². The number of aromatic nitrogens is 1. The Kier molecular flexibility index (Phi) is 8.11. The van der Waals surface area contributed by atoms with Crippen LogP contribution in [0.25, 0.3) is 39.1 Å². The van der Waals surface area contributed by atoms with Crippen LogP contribution in [0.5, 0.6) is 0 Å². The number of pyridine rings is 1. The first-order valence-electron chi connectivity index (χ1n) is 18.8. The van der Waals surface area contributed by atoms with Gasteiger partial charge in [0.25, 0.3) is 0 Å². The summed E-state index contributed by atoms with van der Waals surface area (Å²) in [6.07, 6.45) is 6.21. The molecule has 0 saturated heterocycles. The predicted molar refractivity (Wildman–Crippen MR) is 226 cm³/mol. The third-order valence-electron chi connectivity index (χ3n) is 11.1. The van der Waals surface area contributed by atoms with Crippen LogP contribution in [-0.2, 0) is 5.41 Å². The van der Waals surface area contributed by atoms with Gasteiger partial charge in [0.1, 0.15) is 5.84 Å². The first kappa shape index (κ1) is 32.5. The minimum atomic E-state index is -0.488. The first-order valence-corrected chi connectivity index (χ1v) is 18.8. The first-order chi connectivity index (χ1) is 27.3. The summed E-state index contributed by atoms with van der Waals surface area (Å²) in [7, 11) is 0. The fraction of sp³-hybridized carbons (Fsp3) is 0.0385. The molecule has 1 atom stereocenters. The Bertz CT molecular complexity index is 2680. The molecule has 260 valence electrons. The maximum atomic E-state index is 5.31. The third kappa shape index (κ3) is 5.69. The van der Waals surface area contributed by atoms with Crippen molar-refractivity contribution in [2.75, 3.05) is 0 Å². The standard InChI is InChI=1S/C52H37N3/c1-5-15-36(16-6-1)38-19-14-22-42(32-38)51-54-49(37-17-7-2-8-18-37)34-50(55-51)41-21-13-20-39(31-41)40-27-28-45-46-35-53-30-29-47(46)52(48(45)33-40,43-23-9-3-10-24-43)44-25-11-4-12-26-44/h1-35,49H,(H,54,55). The number of aliphatic imine (C=N–C) groups is 1. The topological polar surface area (TPSA) is 37.3 Å². The van der Waals surface area contributed by atoms with Crippen molar-refractivity contribution < 1.29 is 0 Å². The van der Waals surface area contributed by atoms with Crippen molar-refractivity contribution in [3.8, 4) is 33.4 Å². The largest absolute Gasteiger partial charge is 0.359 e. The molecule has 0 bridgehead atoms. The summed E-state index contributed by atoms with van der Waals surface area (Å²) in [5, 5.41) is 3.76. The lowest BCUT2D eigenvalue weighted by molar-refractivity contribution is 0.767. The van der Waals surface area contributed by atoms with E-state index in [4.69, 9.17) is 4.99 Å². The second kappa shape index (κ2) is 13.7. The molecule has 3 nitrogen and oxygen atoms in total. The van der Waals surface area contributed by atoms with Gasteiger partial charge in [-0.15, -0.1) is 0 Å². The Labute approximate surface area is 322 Å². The van der Waals surface area contributed by atoms with E-state index in [0.717, 1.165) is 39.3 Å². The number of nitrogens with one attached hydrogen (secondary N) is 1. The molecule has 7 aromatic carbocycles. The average molecular weight is 704 g/mol. The molecule has 1 unspecified atom stereocenters. The lowest BCUT2D eigenvalue weighted by Gasteiger charge is -2.34. The zero-order valence-corrected chi connectivity index (χ0v) is 30.2. The van der Waals surface area contributed by atoms with Crippen LogP contribution in [0.2, 0.25) is 0 Å². The Balaban J connectivity index is 1.10. The molecule has 3 heteroatoms. The smallest absolute Gasteiger partial charge is 0.134 e. The van der Waals surface area contributed by atoms with Gasteiger partial charge >= 0.3 is 0 Å². The van der Waals surface area contributed by atoms with Crippen LogP contribution in [0, 0.1) is 0 Å². The minimum Gasteiger partial charge on any atom is -0.359 e. The van der Waals surface area contributed by atoms with E-state index in [1.54, 1.807) is 0 Å². The highest BCUT2D eigenvalue weighted by molar-refractivity contribution is 6.04. The van der Waals surface area contributed by atoms with Crippen molar-refractivity contribution in [1.29, 1.82) is 0 Å². The highest BCUT2D eigenvalue weighted by Gasteiger charge is 2.46. The van der Waals surface area contributed by atoms with Crippen LogP contribution < -0.4 is 5.32 Å². The maximum absolute atomic E-state index is 5.31. The summed E-state index contributed by atoms with van der Waals surface area (Å²) in [6.45, 7) is 0. The second-order valence-electron chi connectivity index (χ2n) is 14.2. The molecule has 1 aliphatic heterocycles. The van der Waals surface area contributed by atoms with Gasteiger partial charge in [-0.25, -0.2) is 4.99 Å². The normalized spacial score (nSPS) is 15.2. The van der Waals surface area contributed by atoms with Crippen LogP contribution in [0.3, 0.4) is 0 Å². The summed E-state index contributed by atoms with van der Waals surface area (Å²) in [5.74, 6) is 0.856. The van der Waals surface area contributed by atoms with Crippen molar-refractivity contribution in [2.45, 2.75) is 11.5 Å². The SMILES string of the molecule is C1=C(c2cccc(-c3ccc4c(c3)C(c3ccccc3)(c3ccccc3)c3ccncc3-4)c2)N=C(c2cccc(-c3ccccc3)c2)NC1c1ccccc1. The molecule has 1 aromatic heterocycles. The summed E-state index contributed by atoms with van der Waals surface area (Å²) in [6, 6.07) is 69.5. The van der Waals surface area contributed by atoms with E-state index in [-0.39, 0.29) is 6.04 Å². The lowest BCUT2D eigenvalue weighted by atomic mass is 9.67. The van der Waals surface area contributed by atoms with E-state index in [9.17, 15) is 0 Å². The lowest BCUT2D eigenvalue weighted by Crippen LogP contribution is -2.31. The van der Waals surface area contributed by atoms with Gasteiger partial charge in [0.2, 0.25) is 0 Å². The zero-order chi connectivity index (χ0) is 36.6. The molecule has 0 amide bonds. The molecule has 0 spiro atoms. The summed E-state index contributed by atoms with van der Waals surface area (Å²) in [4.78, 5) is 9.92. The monoisotopic (exact) mass is 703 g/mol. The van der Waals surface area contributed by atoms with Crippen molar-refractivity contribution in [3.05, 3.63) is 252 Å². The van der Waals surface area contributed by atoms with E-state index in [1.165, 1.54) is 44.5 Å². The highest BCUT2D eigenvalue weighted by Crippen LogP contribution is 2.56. The van der Waals surface area contributed by atoms with Crippen LogP contribution >= 0.6 is 0 Å². The quantitative estimate of drug-likeness (QED) is 0.179. The van der Waals surface area contributed by atoms with Crippen molar-refractivity contribution in [1.82, 2.24) is 10.3 Å². The van der Waals surface area contributed by atoms with Gasteiger partial charge in [-0.2, -0.15) is 0 Å². The van der Waals surface area contributed by atoms with Gasteiger partial charge in [-0.05, 0) is 86.0 Å². The van der Waals surface area contributed by atoms with Gasteiger partial charge in [0.15, 0.2) is 0 Å². The number of rotatable bonds is 7. The van der Waals surface area contributed by atoms with Crippen LogP contribution in [0.4, 0.5) is 0 Å². The fourth-order valence-corrected chi connectivity index (χ4v) is 8.54. The van der Waals surface area contributed by atoms with Gasteiger partial charge in [0, 0.05) is 29.1 Å². The number of nitrogens with zero attached hydrogens (tertiary/aromatic N) is 2. The second-order valence-corrected chi connectivity index (χ2v) is 14.2. The molecule has 2 aliphatic rings. The van der Waals surface area contributed by atoms with E-state index < -0.39 is 5.41 Å². The van der Waals surface area contributed by atoms with E-state index >= 15 is 0 Å². The van der Waals surface area contributed by atoms with Gasteiger partial charge < -0.3 is 5.32 Å². The van der Waals surface area contributed by atoms with E-state index in [2.05, 4.69) is 211 Å². The molecular weight excluding hydrogens is 667 g/mol. The molecule has 0 fully saturated rings. The third-order valence-corrected chi connectivity index (χ3v) is 11.1. The molecule has 1 aliphatic carbocycles. The molecule has 55 heavy (non-hydrogen) atoms. The van der Waals surface area contributed by atoms with Crippen LogP contribution in [0.1, 0.15) is 45.0 Å². The van der Waals surface area contributed by atoms with E-state index in [1.807, 2.05) is 12.4 Å². The molecule has 2 heterocycles. The highest BCUT2D eigenvalue weighted by atomic mass is 15.0. The van der Waals surface area contributed by atoms with E-state index in [0.29, 0.717) is 0 Å². The van der Waals surface area contributed by atoms with Gasteiger partial charge in [0.05, 0.1) is 17.2 Å². The summed E-state index contributed by atoms with van der Waals surface area (Å²) >= 11 is 0. The maximum Gasteiger partial charge on any atom is 0.134 e. The number of benzene rings is 7. The molecule has 10 rings (SSSR count). The van der Waals surface area contributed by atoms with Crippen molar-refractivity contribution >= 4 is 11.5 Å². The van der Waals surface area contributed by atoms with Crippen molar-refractivity contribution in [3.63, 3.8) is 0 Å². The molecular formula is C52H37N3. The Morgan fingerprint density at radius 3 is 1.71 bits per heavy atom. The number of hydrogen-bond donors (Lipinski definition) is 1. The summed E-state index contributed by atoms with van der Waals surface area (Å²) < 4.78 is 0. The summed E-state index contributed by atoms with van der Waals surface area (Å²) in [5.41, 5.74) is 15.8. The number of amidine groups is 1. The zero-order valence-electron chi connectivity index (χ0n) is 30.2. The molecule has 0 saturated carbocycles. The molecule has 8 aromatic rings. The predicted octanol–water partition coefficient (Wildman–Crippen LogP) is 11.9. The number of fused-ring (bicyclic) bond motifs is 3. The molecule has 0 radical (unpaired) electrons. The molecule has 1 N–H and O–H groups in total. The fourth-order valence-electron chi connectivity index (χ4n) is 8.54. The number of hydrogen-bond acceptors (Lipinski definition) is 3. The Morgan fingerprint density at radius 2 is 1.00 bits per heavy atom. The average Bonchev–Trinajstić information content (AvgIpc) is 3.58. The Morgan fingerprint density at radius 1 is 0.436 bits per heavy atom. The Hall–Kier alpha value is -7.10. The van der Waals surface area contributed by atoms with Gasteiger partial charge in [-0.1, -0.05) is 170 Å². The minimum absolute atomic E-state index is 0.0443. The van der Waals surface area contributed by atoms with Gasteiger partial charge in [-0.3, -0.25) is 4.98 Å². The van der Waals surface area contributed by atoms with Crippen molar-refractivity contribution in [2.24, 2.45) is 4.99 Å². The van der Waals surface area contributed by atoms with Crippen LogP contribution in [0.15, 0.2) is 218 Å².